The second kappa shape index (κ2) is 6.89. The molecule has 0 fully saturated rings. The summed E-state index contributed by atoms with van der Waals surface area (Å²) in [5, 5.41) is 4.90. The Balaban J connectivity index is 1.74. The largest absolute Gasteiger partial charge is 0.298 e. The third-order valence-corrected chi connectivity index (χ3v) is 4.69. The first-order valence-electron chi connectivity index (χ1n) is 6.51. The Hall–Kier alpha value is -1.59. The van der Waals surface area contributed by atoms with E-state index >= 15 is 0 Å². The van der Waals surface area contributed by atoms with Gasteiger partial charge in [0, 0.05) is 21.1 Å². The highest BCUT2D eigenvalue weighted by molar-refractivity contribution is 7.22. The van der Waals surface area contributed by atoms with Crippen molar-refractivity contribution in [1.82, 2.24) is 4.98 Å². The Bertz CT molecular complexity index is 921. The average molecular weight is 384 g/mol. The Morgan fingerprint density at radius 2 is 1.83 bits per heavy atom. The number of benzene rings is 2. The monoisotopic (exact) mass is 382 g/mol. The van der Waals surface area contributed by atoms with Gasteiger partial charge in [0.2, 0.25) is 5.91 Å². The first-order chi connectivity index (χ1) is 11.0. The molecule has 116 valence electrons. The lowest BCUT2D eigenvalue weighted by Crippen LogP contribution is -2.07. The highest BCUT2D eigenvalue weighted by Crippen LogP contribution is 2.28. The summed E-state index contributed by atoms with van der Waals surface area (Å²) in [6.45, 7) is 0. The minimum absolute atomic E-state index is 0.291. The third-order valence-electron chi connectivity index (χ3n) is 2.96. The highest BCUT2D eigenvalue weighted by atomic mass is 35.5. The van der Waals surface area contributed by atoms with E-state index in [-0.39, 0.29) is 5.91 Å². The number of nitrogens with one attached hydrogen (secondary N) is 1. The molecule has 0 aliphatic heterocycles. The number of thiazole rings is 1. The molecule has 1 aromatic heterocycles. The number of amides is 1. The van der Waals surface area contributed by atoms with Crippen molar-refractivity contribution in [3.05, 3.63) is 63.1 Å². The second-order valence-electron chi connectivity index (χ2n) is 4.62. The Morgan fingerprint density at radius 1 is 1.09 bits per heavy atom. The van der Waals surface area contributed by atoms with Crippen LogP contribution in [0.15, 0.2) is 42.5 Å². The van der Waals surface area contributed by atoms with Crippen molar-refractivity contribution in [2.75, 3.05) is 5.32 Å². The number of anilines is 1. The van der Waals surface area contributed by atoms with Gasteiger partial charge in [0.15, 0.2) is 5.13 Å². The molecule has 0 radical (unpaired) electrons. The smallest absolute Gasteiger partial charge is 0.250 e. The van der Waals surface area contributed by atoms with Crippen molar-refractivity contribution in [2.45, 2.75) is 0 Å². The van der Waals surface area contributed by atoms with Crippen LogP contribution in [0, 0.1) is 0 Å². The average Bonchev–Trinajstić information content (AvgIpc) is 2.87. The van der Waals surface area contributed by atoms with Gasteiger partial charge in [-0.15, -0.1) is 0 Å². The molecule has 1 N–H and O–H groups in total. The molecule has 1 heterocycles. The van der Waals surface area contributed by atoms with Gasteiger partial charge in [-0.2, -0.15) is 0 Å². The zero-order valence-electron chi connectivity index (χ0n) is 11.5. The van der Waals surface area contributed by atoms with Crippen LogP contribution < -0.4 is 5.32 Å². The zero-order valence-corrected chi connectivity index (χ0v) is 14.6. The molecule has 0 atom stereocenters. The lowest BCUT2D eigenvalue weighted by atomic mass is 10.2. The van der Waals surface area contributed by atoms with Gasteiger partial charge in [0.25, 0.3) is 0 Å². The number of rotatable bonds is 3. The number of aromatic nitrogens is 1. The molecule has 0 bridgehead atoms. The number of fused-ring (bicyclic) bond motifs is 1. The van der Waals surface area contributed by atoms with Crippen molar-refractivity contribution < 1.29 is 4.79 Å². The van der Waals surface area contributed by atoms with Crippen LogP contribution in [-0.4, -0.2) is 10.9 Å². The second-order valence-corrected chi connectivity index (χ2v) is 6.93. The van der Waals surface area contributed by atoms with Crippen LogP contribution >= 0.6 is 46.1 Å². The summed E-state index contributed by atoms with van der Waals surface area (Å²) in [5.74, 6) is -0.291. The SMILES string of the molecule is O=C(/C=C/c1ccc(Cl)cc1Cl)Nc1nc2ccc(Cl)cc2s1. The molecule has 0 saturated carbocycles. The van der Waals surface area contributed by atoms with Crippen LogP contribution in [0.3, 0.4) is 0 Å². The quantitative estimate of drug-likeness (QED) is 0.571. The summed E-state index contributed by atoms with van der Waals surface area (Å²) < 4.78 is 0.914. The van der Waals surface area contributed by atoms with Crippen molar-refractivity contribution in [1.29, 1.82) is 0 Å². The van der Waals surface area contributed by atoms with Gasteiger partial charge in [-0.1, -0.05) is 52.2 Å². The van der Waals surface area contributed by atoms with E-state index in [2.05, 4.69) is 10.3 Å². The van der Waals surface area contributed by atoms with Gasteiger partial charge in [0.1, 0.15) is 0 Å². The molecule has 0 aliphatic rings. The fourth-order valence-corrected chi connectivity index (χ4v) is 3.52. The number of nitrogens with zero attached hydrogens (tertiary/aromatic N) is 1. The molecule has 23 heavy (non-hydrogen) atoms. The summed E-state index contributed by atoms with van der Waals surface area (Å²) in [4.78, 5) is 16.3. The summed E-state index contributed by atoms with van der Waals surface area (Å²) >= 11 is 19.2. The van der Waals surface area contributed by atoms with Crippen molar-refractivity contribution in [2.24, 2.45) is 0 Å². The minimum atomic E-state index is -0.291. The fourth-order valence-electron chi connectivity index (χ4n) is 1.90. The van der Waals surface area contributed by atoms with Gasteiger partial charge < -0.3 is 0 Å². The van der Waals surface area contributed by atoms with E-state index in [0.717, 1.165) is 10.2 Å². The molecule has 0 aliphatic carbocycles. The van der Waals surface area contributed by atoms with Crippen LogP contribution in [-0.2, 0) is 4.79 Å². The summed E-state index contributed by atoms with van der Waals surface area (Å²) in [6.07, 6.45) is 3.02. The predicted octanol–water partition coefficient (Wildman–Crippen LogP) is 5.91. The number of carbonyl (C=O) groups excluding carboxylic acids is 1. The van der Waals surface area contributed by atoms with Crippen molar-refractivity contribution >= 4 is 73.5 Å². The summed E-state index contributed by atoms with van der Waals surface area (Å²) in [5.41, 5.74) is 1.50. The van der Waals surface area contributed by atoms with Crippen LogP contribution in [0.2, 0.25) is 15.1 Å². The molecule has 3 aromatic rings. The molecule has 7 heteroatoms. The molecule has 3 nitrogen and oxygen atoms in total. The zero-order chi connectivity index (χ0) is 16.4. The van der Waals surface area contributed by atoms with E-state index in [0.29, 0.717) is 25.8 Å². The number of halogens is 3. The van der Waals surface area contributed by atoms with Crippen LogP contribution in [0.1, 0.15) is 5.56 Å². The normalized spacial score (nSPS) is 11.3. The van der Waals surface area contributed by atoms with E-state index in [1.165, 1.54) is 17.4 Å². The summed E-state index contributed by atoms with van der Waals surface area (Å²) in [6, 6.07) is 10.5. The maximum absolute atomic E-state index is 12.0. The maximum Gasteiger partial charge on any atom is 0.250 e. The van der Waals surface area contributed by atoms with Crippen LogP contribution in [0.4, 0.5) is 5.13 Å². The third kappa shape index (κ3) is 4.03. The van der Waals surface area contributed by atoms with E-state index in [1.54, 1.807) is 30.3 Å². The predicted molar refractivity (Wildman–Crippen MR) is 98.8 cm³/mol. The van der Waals surface area contributed by atoms with Crippen LogP contribution in [0.5, 0.6) is 0 Å². The van der Waals surface area contributed by atoms with E-state index in [1.807, 2.05) is 12.1 Å². The Morgan fingerprint density at radius 3 is 2.61 bits per heavy atom. The highest BCUT2D eigenvalue weighted by Gasteiger charge is 2.06. The van der Waals surface area contributed by atoms with Gasteiger partial charge in [0.05, 0.1) is 10.2 Å². The Labute approximate surface area is 151 Å². The van der Waals surface area contributed by atoms with Crippen LogP contribution in [0.25, 0.3) is 16.3 Å². The molecular weight excluding hydrogens is 375 g/mol. The Kier molecular flexibility index (Phi) is 4.87. The van der Waals surface area contributed by atoms with Gasteiger partial charge in [-0.3, -0.25) is 10.1 Å². The molecule has 1 amide bonds. The molecule has 0 spiro atoms. The first-order valence-corrected chi connectivity index (χ1v) is 8.46. The summed E-state index contributed by atoms with van der Waals surface area (Å²) in [7, 11) is 0. The standard InChI is InChI=1S/C16H9Cl3N2OS/c17-10-3-1-9(12(19)7-10)2-6-15(22)21-16-20-13-5-4-11(18)8-14(13)23-16/h1-8H,(H,20,21,22)/b6-2+. The first kappa shape index (κ1) is 16.3. The molecule has 2 aromatic carbocycles. The van der Waals surface area contributed by atoms with E-state index < -0.39 is 0 Å². The minimum Gasteiger partial charge on any atom is -0.298 e. The lowest BCUT2D eigenvalue weighted by molar-refractivity contribution is -0.111. The van der Waals surface area contributed by atoms with Crippen molar-refractivity contribution in [3.8, 4) is 0 Å². The molecule has 0 saturated heterocycles. The molecule has 3 rings (SSSR count). The van der Waals surface area contributed by atoms with Gasteiger partial charge in [-0.25, -0.2) is 4.98 Å². The lowest BCUT2D eigenvalue weighted by Gasteiger charge is -1.99. The molecular formula is C16H9Cl3N2OS. The number of hydrogen-bond donors (Lipinski definition) is 1. The fraction of sp³-hybridized carbons (Fsp3) is 0. The number of hydrogen-bond acceptors (Lipinski definition) is 3. The van der Waals surface area contributed by atoms with Gasteiger partial charge in [-0.05, 0) is 42.0 Å². The van der Waals surface area contributed by atoms with Crippen molar-refractivity contribution in [3.63, 3.8) is 0 Å². The van der Waals surface area contributed by atoms with E-state index in [9.17, 15) is 4.79 Å². The topological polar surface area (TPSA) is 42.0 Å². The maximum atomic E-state index is 12.0. The van der Waals surface area contributed by atoms with Gasteiger partial charge >= 0.3 is 0 Å². The number of carbonyl (C=O) groups is 1. The molecule has 0 unspecified atom stereocenters. The van der Waals surface area contributed by atoms with E-state index in [4.69, 9.17) is 34.8 Å².